The summed E-state index contributed by atoms with van der Waals surface area (Å²) in [6.45, 7) is 4.22. The lowest BCUT2D eigenvalue weighted by atomic mass is 10.1. The Morgan fingerprint density at radius 2 is 1.91 bits per heavy atom. The highest BCUT2D eigenvalue weighted by Gasteiger charge is 2.14. The number of benzene rings is 1. The Balaban J connectivity index is 2.04. The molecule has 1 heterocycles. The summed E-state index contributed by atoms with van der Waals surface area (Å²) in [5.74, 6) is 0.133. The third-order valence-electron chi connectivity index (χ3n) is 3.33. The van der Waals surface area contributed by atoms with Crippen molar-refractivity contribution in [1.29, 1.82) is 0 Å². The van der Waals surface area contributed by atoms with E-state index in [1.54, 1.807) is 37.4 Å². The van der Waals surface area contributed by atoms with Gasteiger partial charge in [0.2, 0.25) is 0 Å². The van der Waals surface area contributed by atoms with E-state index in [0.29, 0.717) is 12.4 Å². The van der Waals surface area contributed by atoms with Crippen molar-refractivity contribution >= 4 is 11.8 Å². The standard InChI is InChI=1S/C17H20FN3O2/c1-3-21(11-12(2)22)17(23)20-16-9-6-14(10-19-16)13-4-7-15(18)8-5-13/h4-10,12,22H,3,11H2,1-2H3,(H,19,20,23)/t12-/m0/s1. The number of hydrogen-bond donors (Lipinski definition) is 2. The van der Waals surface area contributed by atoms with Gasteiger partial charge in [-0.15, -0.1) is 0 Å². The molecule has 5 nitrogen and oxygen atoms in total. The highest BCUT2D eigenvalue weighted by Crippen LogP contribution is 2.20. The molecule has 1 atom stereocenters. The highest BCUT2D eigenvalue weighted by atomic mass is 19.1. The minimum Gasteiger partial charge on any atom is -0.392 e. The molecule has 0 fully saturated rings. The van der Waals surface area contributed by atoms with Crippen LogP contribution in [0.15, 0.2) is 42.6 Å². The van der Waals surface area contributed by atoms with E-state index in [1.807, 2.05) is 6.92 Å². The molecular weight excluding hydrogens is 297 g/mol. The van der Waals surface area contributed by atoms with E-state index in [4.69, 9.17) is 0 Å². The smallest absolute Gasteiger partial charge is 0.323 e. The number of aliphatic hydroxyl groups excluding tert-OH is 1. The van der Waals surface area contributed by atoms with Gasteiger partial charge in [0.1, 0.15) is 11.6 Å². The number of rotatable bonds is 5. The number of anilines is 1. The van der Waals surface area contributed by atoms with Crippen molar-refractivity contribution in [3.63, 3.8) is 0 Å². The lowest BCUT2D eigenvalue weighted by Gasteiger charge is -2.22. The zero-order chi connectivity index (χ0) is 16.8. The van der Waals surface area contributed by atoms with Crippen LogP contribution in [0.25, 0.3) is 11.1 Å². The van der Waals surface area contributed by atoms with Crippen LogP contribution in [0, 0.1) is 5.82 Å². The molecule has 0 unspecified atom stereocenters. The molecule has 0 radical (unpaired) electrons. The average Bonchev–Trinajstić information content (AvgIpc) is 2.54. The molecule has 2 rings (SSSR count). The first-order chi connectivity index (χ1) is 11.0. The Hall–Kier alpha value is -2.47. The van der Waals surface area contributed by atoms with Crippen molar-refractivity contribution in [1.82, 2.24) is 9.88 Å². The van der Waals surface area contributed by atoms with E-state index in [-0.39, 0.29) is 18.4 Å². The summed E-state index contributed by atoms with van der Waals surface area (Å²) >= 11 is 0. The average molecular weight is 317 g/mol. The molecule has 0 aliphatic carbocycles. The van der Waals surface area contributed by atoms with Crippen LogP contribution < -0.4 is 5.32 Å². The number of likely N-dealkylation sites (N-methyl/N-ethyl adjacent to an activating group) is 1. The van der Waals surface area contributed by atoms with Crippen LogP contribution in [-0.2, 0) is 0 Å². The molecule has 122 valence electrons. The predicted octanol–water partition coefficient (Wildman–Crippen LogP) is 3.12. The summed E-state index contributed by atoms with van der Waals surface area (Å²) in [7, 11) is 0. The maximum atomic E-state index is 12.9. The van der Waals surface area contributed by atoms with Gasteiger partial charge in [0.25, 0.3) is 0 Å². The molecule has 1 aromatic heterocycles. The monoisotopic (exact) mass is 317 g/mol. The number of halogens is 1. The van der Waals surface area contributed by atoms with Crippen LogP contribution in [-0.4, -0.2) is 40.2 Å². The van der Waals surface area contributed by atoms with Gasteiger partial charge in [0.15, 0.2) is 0 Å². The van der Waals surface area contributed by atoms with Crippen molar-refractivity contribution in [2.45, 2.75) is 20.0 Å². The number of carbonyl (C=O) groups is 1. The second kappa shape index (κ2) is 7.69. The molecule has 0 aliphatic heterocycles. The fourth-order valence-corrected chi connectivity index (χ4v) is 2.14. The third-order valence-corrected chi connectivity index (χ3v) is 3.33. The Kier molecular flexibility index (Phi) is 5.65. The van der Waals surface area contributed by atoms with E-state index in [9.17, 15) is 14.3 Å². The largest absolute Gasteiger partial charge is 0.392 e. The minimum absolute atomic E-state index is 0.260. The zero-order valence-electron chi connectivity index (χ0n) is 13.2. The van der Waals surface area contributed by atoms with Crippen molar-refractivity contribution in [3.05, 3.63) is 48.4 Å². The number of aromatic nitrogens is 1. The van der Waals surface area contributed by atoms with Gasteiger partial charge >= 0.3 is 6.03 Å². The number of nitrogens with zero attached hydrogens (tertiary/aromatic N) is 2. The Bertz CT molecular complexity index is 642. The summed E-state index contributed by atoms with van der Waals surface area (Å²) in [6.07, 6.45) is 1.03. The van der Waals surface area contributed by atoms with Gasteiger partial charge in [-0.2, -0.15) is 0 Å². The van der Waals surface area contributed by atoms with Gasteiger partial charge in [0, 0.05) is 24.8 Å². The van der Waals surface area contributed by atoms with E-state index in [1.165, 1.54) is 17.0 Å². The lowest BCUT2D eigenvalue weighted by Crippen LogP contribution is -2.39. The first-order valence-electron chi connectivity index (χ1n) is 7.45. The normalized spacial score (nSPS) is 11.8. The molecule has 2 amide bonds. The molecule has 0 bridgehead atoms. The summed E-state index contributed by atoms with van der Waals surface area (Å²) < 4.78 is 12.9. The molecular formula is C17H20FN3O2. The first-order valence-corrected chi connectivity index (χ1v) is 7.45. The molecule has 6 heteroatoms. The summed E-state index contributed by atoms with van der Waals surface area (Å²) in [5, 5.41) is 12.1. The van der Waals surface area contributed by atoms with Crippen molar-refractivity contribution in [2.75, 3.05) is 18.4 Å². The molecule has 2 N–H and O–H groups in total. The summed E-state index contributed by atoms with van der Waals surface area (Å²) in [4.78, 5) is 17.8. The van der Waals surface area contributed by atoms with Crippen LogP contribution in [0.2, 0.25) is 0 Å². The molecule has 23 heavy (non-hydrogen) atoms. The number of hydrogen-bond acceptors (Lipinski definition) is 3. The molecule has 0 saturated heterocycles. The first kappa shape index (κ1) is 16.9. The molecule has 0 aliphatic rings. The van der Waals surface area contributed by atoms with Gasteiger partial charge in [-0.05, 0) is 43.7 Å². The van der Waals surface area contributed by atoms with Crippen molar-refractivity contribution in [2.24, 2.45) is 0 Å². The maximum absolute atomic E-state index is 12.9. The zero-order valence-corrected chi connectivity index (χ0v) is 13.2. The number of urea groups is 1. The van der Waals surface area contributed by atoms with Crippen LogP contribution >= 0.6 is 0 Å². The Morgan fingerprint density at radius 3 is 2.43 bits per heavy atom. The van der Waals surface area contributed by atoms with E-state index in [2.05, 4.69) is 10.3 Å². The second-order valence-electron chi connectivity index (χ2n) is 5.26. The number of amides is 2. The van der Waals surface area contributed by atoms with E-state index >= 15 is 0 Å². The number of nitrogens with one attached hydrogen (secondary N) is 1. The SMILES string of the molecule is CCN(C[C@H](C)O)C(=O)Nc1ccc(-c2ccc(F)cc2)cn1. The molecule has 2 aromatic rings. The van der Waals surface area contributed by atoms with Crippen molar-refractivity contribution < 1.29 is 14.3 Å². The van der Waals surface area contributed by atoms with E-state index < -0.39 is 6.10 Å². The van der Waals surface area contributed by atoms with Gasteiger partial charge in [0.05, 0.1) is 6.10 Å². The molecule has 0 saturated carbocycles. The van der Waals surface area contributed by atoms with Crippen LogP contribution in [0.5, 0.6) is 0 Å². The lowest BCUT2D eigenvalue weighted by molar-refractivity contribution is 0.141. The van der Waals surface area contributed by atoms with Gasteiger partial charge in [-0.1, -0.05) is 12.1 Å². The Labute approximate surface area is 134 Å². The fraction of sp³-hybridized carbons (Fsp3) is 0.294. The van der Waals surface area contributed by atoms with E-state index in [0.717, 1.165) is 11.1 Å². The number of carbonyl (C=O) groups excluding carboxylic acids is 1. The van der Waals surface area contributed by atoms with Crippen molar-refractivity contribution in [3.8, 4) is 11.1 Å². The quantitative estimate of drug-likeness (QED) is 0.890. The highest BCUT2D eigenvalue weighted by molar-refractivity contribution is 5.88. The number of aliphatic hydroxyl groups is 1. The minimum atomic E-state index is -0.588. The second-order valence-corrected chi connectivity index (χ2v) is 5.26. The molecule has 0 spiro atoms. The third kappa shape index (κ3) is 4.75. The van der Waals surface area contributed by atoms with Crippen LogP contribution in [0.3, 0.4) is 0 Å². The topological polar surface area (TPSA) is 65.5 Å². The summed E-state index contributed by atoms with van der Waals surface area (Å²) in [6, 6.07) is 9.31. The van der Waals surface area contributed by atoms with Crippen LogP contribution in [0.4, 0.5) is 15.0 Å². The fourth-order valence-electron chi connectivity index (χ4n) is 2.14. The molecule has 1 aromatic carbocycles. The Morgan fingerprint density at radius 1 is 1.26 bits per heavy atom. The summed E-state index contributed by atoms with van der Waals surface area (Å²) in [5.41, 5.74) is 1.68. The van der Waals surface area contributed by atoms with Gasteiger partial charge in [-0.3, -0.25) is 5.32 Å². The predicted molar refractivity (Wildman–Crippen MR) is 87.6 cm³/mol. The maximum Gasteiger partial charge on any atom is 0.323 e. The van der Waals surface area contributed by atoms with Gasteiger partial charge in [-0.25, -0.2) is 14.2 Å². The number of pyridine rings is 1. The van der Waals surface area contributed by atoms with Gasteiger partial charge < -0.3 is 10.0 Å². The van der Waals surface area contributed by atoms with Crippen LogP contribution in [0.1, 0.15) is 13.8 Å².